The van der Waals surface area contributed by atoms with E-state index in [1.165, 1.54) is 6.07 Å². The van der Waals surface area contributed by atoms with Crippen LogP contribution >= 0.6 is 12.2 Å². The molecule has 0 radical (unpaired) electrons. The zero-order chi connectivity index (χ0) is 18.3. The second-order valence-corrected chi connectivity index (χ2v) is 6.87. The lowest BCUT2D eigenvalue weighted by molar-refractivity contribution is 0.557. The topological polar surface area (TPSA) is 44.0 Å². The predicted molar refractivity (Wildman–Crippen MR) is 105 cm³/mol. The van der Waals surface area contributed by atoms with E-state index in [9.17, 15) is 4.39 Å². The largest absolute Gasteiger partial charge is 0.362 e. The molecule has 2 N–H and O–H groups in total. The Morgan fingerprint density at radius 3 is 2.54 bits per heavy atom. The van der Waals surface area contributed by atoms with E-state index >= 15 is 0 Å². The maximum Gasteiger partial charge on any atom is 0.174 e. The number of nitrogens with zero attached hydrogens (tertiary/aromatic N) is 2. The molecule has 2 atom stereocenters. The van der Waals surface area contributed by atoms with Crippen molar-refractivity contribution < 1.29 is 4.39 Å². The van der Waals surface area contributed by atoms with E-state index in [4.69, 9.17) is 12.2 Å². The van der Waals surface area contributed by atoms with Crippen LogP contribution in [0.25, 0.3) is 0 Å². The number of para-hydroxylation sites is 1. The molecule has 4 nitrogen and oxygen atoms in total. The van der Waals surface area contributed by atoms with Crippen molar-refractivity contribution in [3.63, 3.8) is 0 Å². The van der Waals surface area contributed by atoms with E-state index in [0.29, 0.717) is 10.8 Å². The van der Waals surface area contributed by atoms with Gasteiger partial charge in [-0.25, -0.2) is 4.39 Å². The molecule has 1 fully saturated rings. The lowest BCUT2D eigenvalue weighted by Gasteiger charge is -2.28. The molecule has 1 saturated heterocycles. The molecule has 0 aliphatic carbocycles. The fraction of sp³-hybridized carbons (Fsp3) is 0.200. The number of hydrogen-bond acceptors (Lipinski definition) is 2. The highest BCUT2D eigenvalue weighted by atomic mass is 32.1. The zero-order valence-electron chi connectivity index (χ0n) is 14.5. The number of benzene rings is 1. The lowest BCUT2D eigenvalue weighted by atomic mass is 9.96. The summed E-state index contributed by atoms with van der Waals surface area (Å²) in [5.41, 5.74) is 4.52. The summed E-state index contributed by atoms with van der Waals surface area (Å²) in [6.45, 7) is 4.04. The van der Waals surface area contributed by atoms with Crippen molar-refractivity contribution in [3.8, 4) is 0 Å². The molecule has 6 heteroatoms. The number of nitrogens with one attached hydrogen (secondary N) is 2. The number of thiocarbonyl (C=S) groups is 1. The number of aromatic amines is 1. The number of rotatable bonds is 3. The summed E-state index contributed by atoms with van der Waals surface area (Å²) in [6.07, 6.45) is 1.76. The molecule has 132 valence electrons. The van der Waals surface area contributed by atoms with Gasteiger partial charge in [-0.05, 0) is 62.0 Å². The first kappa shape index (κ1) is 16.7. The Balaban J connectivity index is 1.88. The summed E-state index contributed by atoms with van der Waals surface area (Å²) >= 11 is 5.60. The number of aromatic nitrogens is 2. The lowest BCUT2D eigenvalue weighted by Crippen LogP contribution is -2.30. The first-order valence-electron chi connectivity index (χ1n) is 8.47. The molecule has 0 bridgehead atoms. The van der Waals surface area contributed by atoms with Crippen molar-refractivity contribution in [2.45, 2.75) is 25.9 Å². The van der Waals surface area contributed by atoms with Gasteiger partial charge in [0.05, 0.1) is 23.5 Å². The molecule has 4 rings (SSSR count). The molecule has 1 aromatic carbocycles. The molecule has 3 heterocycles. The number of hydrogen-bond donors (Lipinski definition) is 2. The summed E-state index contributed by atoms with van der Waals surface area (Å²) in [4.78, 5) is 9.71. The van der Waals surface area contributed by atoms with Gasteiger partial charge < -0.3 is 15.2 Å². The number of anilines is 1. The van der Waals surface area contributed by atoms with Crippen molar-refractivity contribution in [2.75, 3.05) is 4.90 Å². The van der Waals surface area contributed by atoms with Crippen LogP contribution in [0.4, 0.5) is 10.1 Å². The van der Waals surface area contributed by atoms with Gasteiger partial charge >= 0.3 is 0 Å². The highest BCUT2D eigenvalue weighted by Crippen LogP contribution is 2.43. The normalized spacial score (nSPS) is 19.7. The van der Waals surface area contributed by atoms with Crippen molar-refractivity contribution in [3.05, 3.63) is 83.2 Å². The Bertz CT molecular complexity index is 953. The summed E-state index contributed by atoms with van der Waals surface area (Å²) in [7, 11) is 0. The average Bonchev–Trinajstić information content (AvgIpc) is 3.14. The Kier molecular flexibility index (Phi) is 4.20. The highest BCUT2D eigenvalue weighted by Gasteiger charge is 2.42. The Morgan fingerprint density at radius 1 is 1.12 bits per heavy atom. The van der Waals surface area contributed by atoms with Gasteiger partial charge in [0.2, 0.25) is 0 Å². The van der Waals surface area contributed by atoms with Crippen molar-refractivity contribution in [1.29, 1.82) is 0 Å². The summed E-state index contributed by atoms with van der Waals surface area (Å²) in [6, 6.07) is 14.2. The van der Waals surface area contributed by atoms with Gasteiger partial charge in [-0.2, -0.15) is 0 Å². The Morgan fingerprint density at radius 2 is 1.88 bits per heavy atom. The second-order valence-electron chi connectivity index (χ2n) is 6.48. The fourth-order valence-corrected chi connectivity index (χ4v) is 3.97. The summed E-state index contributed by atoms with van der Waals surface area (Å²) in [5.74, 6) is -0.298. The van der Waals surface area contributed by atoms with Crippen LogP contribution in [0.5, 0.6) is 0 Å². The summed E-state index contributed by atoms with van der Waals surface area (Å²) in [5, 5.41) is 3.84. The van der Waals surface area contributed by atoms with Crippen LogP contribution in [-0.2, 0) is 0 Å². The third-order valence-electron chi connectivity index (χ3n) is 4.72. The first-order chi connectivity index (χ1) is 12.6. The molecule has 3 aromatic rings. The van der Waals surface area contributed by atoms with Crippen LogP contribution in [0.1, 0.15) is 34.7 Å². The van der Waals surface area contributed by atoms with Gasteiger partial charge in [-0.3, -0.25) is 4.98 Å². The van der Waals surface area contributed by atoms with Gasteiger partial charge in [-0.1, -0.05) is 18.2 Å². The van der Waals surface area contributed by atoms with Crippen LogP contribution in [0.2, 0.25) is 0 Å². The summed E-state index contributed by atoms with van der Waals surface area (Å²) < 4.78 is 14.6. The second kappa shape index (κ2) is 6.53. The van der Waals surface area contributed by atoms with E-state index in [1.54, 1.807) is 18.3 Å². The number of halogens is 1. The number of aryl methyl sites for hydroxylation is 2. The Hall–Kier alpha value is -2.73. The quantitative estimate of drug-likeness (QED) is 0.677. The fourth-order valence-electron chi connectivity index (χ4n) is 3.63. The van der Waals surface area contributed by atoms with E-state index < -0.39 is 0 Å². The minimum atomic E-state index is -0.298. The predicted octanol–water partition coefficient (Wildman–Crippen LogP) is 4.34. The Labute approximate surface area is 157 Å². The molecule has 1 aliphatic rings. The van der Waals surface area contributed by atoms with Crippen molar-refractivity contribution in [1.82, 2.24) is 15.3 Å². The first-order valence-corrected chi connectivity index (χ1v) is 8.88. The van der Waals surface area contributed by atoms with Gasteiger partial charge in [0.1, 0.15) is 5.82 Å². The van der Waals surface area contributed by atoms with Crippen LogP contribution in [0, 0.1) is 19.7 Å². The van der Waals surface area contributed by atoms with Crippen LogP contribution in [-0.4, -0.2) is 15.1 Å². The monoisotopic (exact) mass is 366 g/mol. The molecule has 26 heavy (non-hydrogen) atoms. The van der Waals surface area contributed by atoms with Gasteiger partial charge in [0.15, 0.2) is 5.11 Å². The smallest absolute Gasteiger partial charge is 0.174 e. The maximum atomic E-state index is 14.6. The molecule has 0 spiro atoms. The van der Waals surface area contributed by atoms with Gasteiger partial charge in [0, 0.05) is 17.6 Å². The van der Waals surface area contributed by atoms with Gasteiger partial charge in [-0.15, -0.1) is 0 Å². The maximum absolute atomic E-state index is 14.6. The SMILES string of the molecule is Cc1cc([C@H]2[C@H](c3ccccn3)NC(=S)N2c2ccccc2F)c(C)[nH]1. The zero-order valence-corrected chi connectivity index (χ0v) is 15.3. The minimum Gasteiger partial charge on any atom is -0.362 e. The van der Waals surface area contributed by atoms with E-state index in [2.05, 4.69) is 21.4 Å². The van der Waals surface area contributed by atoms with E-state index in [-0.39, 0.29) is 17.9 Å². The molecule has 0 saturated carbocycles. The molecule has 0 unspecified atom stereocenters. The van der Waals surface area contributed by atoms with E-state index in [1.807, 2.05) is 43.0 Å². The van der Waals surface area contributed by atoms with Gasteiger partial charge in [0.25, 0.3) is 0 Å². The molecule has 1 aliphatic heterocycles. The van der Waals surface area contributed by atoms with E-state index in [0.717, 1.165) is 22.6 Å². The molecular formula is C20H19FN4S. The number of H-pyrrole nitrogens is 1. The van der Waals surface area contributed by atoms with Crippen LogP contribution in [0.3, 0.4) is 0 Å². The third-order valence-corrected chi connectivity index (χ3v) is 5.03. The third kappa shape index (κ3) is 2.76. The number of pyridine rings is 1. The van der Waals surface area contributed by atoms with Crippen molar-refractivity contribution in [2.24, 2.45) is 0 Å². The molecule has 0 amide bonds. The molecular weight excluding hydrogens is 347 g/mol. The minimum absolute atomic E-state index is 0.169. The molecule has 2 aromatic heterocycles. The standard InChI is InChI=1S/C20H19FN4S/c1-12-11-14(13(2)23-12)19-18(16-8-5-6-10-22-16)24-20(26)25(19)17-9-4-3-7-15(17)21/h3-11,18-19,23H,1-2H3,(H,24,26)/t18-,19-/m0/s1. The highest BCUT2D eigenvalue weighted by molar-refractivity contribution is 7.80. The van der Waals surface area contributed by atoms with Crippen LogP contribution in [0.15, 0.2) is 54.7 Å². The average molecular weight is 366 g/mol. The van der Waals surface area contributed by atoms with Crippen molar-refractivity contribution >= 4 is 23.0 Å². The van der Waals surface area contributed by atoms with Crippen LogP contribution < -0.4 is 10.2 Å².